The summed E-state index contributed by atoms with van der Waals surface area (Å²) in [5, 5.41) is 7.12. The minimum Gasteiger partial charge on any atom is -0.475 e. The quantitative estimate of drug-likeness (QED) is 0.741. The van der Waals surface area contributed by atoms with E-state index in [1.807, 2.05) is 11.8 Å². The van der Waals surface area contributed by atoms with Crippen molar-refractivity contribution in [3.63, 3.8) is 0 Å². The molecular weight excluding hydrogens is 419 g/mol. The number of piperidine rings is 1. The van der Waals surface area contributed by atoms with E-state index >= 15 is 0 Å². The fourth-order valence-corrected chi connectivity index (χ4v) is 4.07. The van der Waals surface area contributed by atoms with Crippen LogP contribution in [0.15, 0.2) is 10.8 Å². The van der Waals surface area contributed by atoms with Crippen molar-refractivity contribution in [2.45, 2.75) is 44.3 Å². The van der Waals surface area contributed by atoms with Gasteiger partial charge in [0.15, 0.2) is 6.39 Å². The van der Waals surface area contributed by atoms with E-state index in [9.17, 15) is 18.0 Å². The van der Waals surface area contributed by atoms with Gasteiger partial charge in [0.1, 0.15) is 0 Å². The molecule has 1 N–H and O–H groups in total. The zero-order chi connectivity index (χ0) is 22.8. The highest BCUT2D eigenvalue weighted by Gasteiger charge is 2.51. The van der Waals surface area contributed by atoms with Crippen LogP contribution in [0.25, 0.3) is 0 Å². The van der Waals surface area contributed by atoms with E-state index in [-0.39, 0.29) is 11.4 Å². The summed E-state index contributed by atoms with van der Waals surface area (Å²) in [6, 6.07) is 0. The molecule has 11 heteroatoms. The predicted molar refractivity (Wildman–Crippen MR) is 102 cm³/mol. The van der Waals surface area contributed by atoms with Gasteiger partial charge in [0.05, 0.1) is 11.2 Å². The second-order valence-corrected chi connectivity index (χ2v) is 8.72. The molecule has 1 spiro atoms. The van der Waals surface area contributed by atoms with Gasteiger partial charge in [0.25, 0.3) is 5.91 Å². The number of halogens is 3. The number of carboxylic acids is 1. The molecule has 2 aliphatic heterocycles. The van der Waals surface area contributed by atoms with Crippen LogP contribution >= 0.6 is 0 Å². The van der Waals surface area contributed by atoms with E-state index in [1.54, 1.807) is 0 Å². The zero-order valence-corrected chi connectivity index (χ0v) is 17.7. The predicted octanol–water partition coefficient (Wildman–Crippen LogP) is 2.58. The van der Waals surface area contributed by atoms with E-state index in [0.717, 1.165) is 45.2 Å². The number of alkyl halides is 3. The van der Waals surface area contributed by atoms with Crippen LogP contribution in [0, 0.1) is 18.8 Å². The molecule has 3 aliphatic rings. The number of carbonyl (C=O) groups excluding carboxylic acids is 1. The van der Waals surface area contributed by atoms with Gasteiger partial charge in [0.2, 0.25) is 5.76 Å². The Labute approximate surface area is 178 Å². The minimum atomic E-state index is -5.08. The third-order valence-electron chi connectivity index (χ3n) is 6.20. The van der Waals surface area contributed by atoms with Crippen LogP contribution in [-0.2, 0) is 9.53 Å². The van der Waals surface area contributed by atoms with E-state index in [1.165, 1.54) is 25.7 Å². The summed E-state index contributed by atoms with van der Waals surface area (Å²) < 4.78 is 42.9. The normalized spacial score (nSPS) is 23.1. The van der Waals surface area contributed by atoms with Crippen LogP contribution in [0.2, 0.25) is 0 Å². The van der Waals surface area contributed by atoms with Gasteiger partial charge in [-0.05, 0) is 58.0 Å². The number of likely N-dealkylation sites (tertiary alicyclic amines) is 2. The second-order valence-electron chi connectivity index (χ2n) is 8.72. The maximum atomic E-state index is 12.5. The first-order valence-electron chi connectivity index (χ1n) is 10.3. The Morgan fingerprint density at radius 1 is 1.26 bits per heavy atom. The Kier molecular flexibility index (Phi) is 6.95. The Bertz CT molecular complexity index is 787. The van der Waals surface area contributed by atoms with Crippen molar-refractivity contribution in [1.82, 2.24) is 14.8 Å². The van der Waals surface area contributed by atoms with Gasteiger partial charge < -0.3 is 19.2 Å². The smallest absolute Gasteiger partial charge is 0.475 e. The largest absolute Gasteiger partial charge is 0.490 e. The molecular formula is C20H28F3N3O5. The zero-order valence-electron chi connectivity index (χ0n) is 17.7. The number of ether oxygens (including phenoxy) is 1. The number of rotatable bonds is 5. The minimum absolute atomic E-state index is 0.0314. The SMILES string of the molecule is Cc1ncoc1C(=O)N1CC2(CC(COCC3CC3)CCN2C)C1.O=C(O)C(F)(F)F. The van der Waals surface area contributed by atoms with Gasteiger partial charge in [-0.25, -0.2) is 9.78 Å². The molecule has 3 fully saturated rings. The summed E-state index contributed by atoms with van der Waals surface area (Å²) >= 11 is 0. The Morgan fingerprint density at radius 3 is 2.39 bits per heavy atom. The Hall–Kier alpha value is -2.14. The lowest BCUT2D eigenvalue weighted by molar-refractivity contribution is -0.192. The summed E-state index contributed by atoms with van der Waals surface area (Å²) in [5.74, 6) is -0.965. The van der Waals surface area contributed by atoms with E-state index in [0.29, 0.717) is 17.4 Å². The van der Waals surface area contributed by atoms with Crippen LogP contribution < -0.4 is 0 Å². The molecule has 174 valence electrons. The number of carboxylic acid groups (broad SMARTS) is 1. The van der Waals surface area contributed by atoms with Crippen molar-refractivity contribution in [3.05, 3.63) is 17.8 Å². The lowest BCUT2D eigenvalue weighted by Crippen LogP contribution is -2.72. The number of carbonyl (C=O) groups is 2. The van der Waals surface area contributed by atoms with Crippen LogP contribution in [0.4, 0.5) is 13.2 Å². The summed E-state index contributed by atoms with van der Waals surface area (Å²) in [7, 11) is 2.18. The third kappa shape index (κ3) is 5.76. The van der Waals surface area contributed by atoms with Crippen molar-refractivity contribution >= 4 is 11.9 Å². The number of aromatic nitrogens is 1. The number of hydrogen-bond acceptors (Lipinski definition) is 6. The fraction of sp³-hybridized carbons (Fsp3) is 0.750. The highest BCUT2D eigenvalue weighted by Crippen LogP contribution is 2.39. The molecule has 4 rings (SSSR count). The summed E-state index contributed by atoms with van der Waals surface area (Å²) in [6.45, 7) is 6.27. The van der Waals surface area contributed by atoms with Crippen LogP contribution in [-0.4, -0.2) is 83.4 Å². The van der Waals surface area contributed by atoms with Crippen molar-refractivity contribution < 1.29 is 37.0 Å². The van der Waals surface area contributed by atoms with E-state index in [4.69, 9.17) is 19.1 Å². The Morgan fingerprint density at radius 2 is 1.87 bits per heavy atom. The first-order valence-corrected chi connectivity index (χ1v) is 10.3. The summed E-state index contributed by atoms with van der Waals surface area (Å²) in [6.07, 6.45) is 1.26. The summed E-state index contributed by atoms with van der Waals surface area (Å²) in [5.41, 5.74) is 0.791. The van der Waals surface area contributed by atoms with E-state index < -0.39 is 12.1 Å². The van der Waals surface area contributed by atoms with Gasteiger partial charge in [-0.15, -0.1) is 0 Å². The molecule has 0 aromatic carbocycles. The van der Waals surface area contributed by atoms with Crippen molar-refractivity contribution in [3.8, 4) is 0 Å². The molecule has 1 aliphatic carbocycles. The monoisotopic (exact) mass is 447 g/mol. The van der Waals surface area contributed by atoms with Gasteiger partial charge in [-0.1, -0.05) is 0 Å². The summed E-state index contributed by atoms with van der Waals surface area (Å²) in [4.78, 5) is 29.8. The number of aliphatic carboxylic acids is 1. The molecule has 8 nitrogen and oxygen atoms in total. The van der Waals surface area contributed by atoms with Crippen LogP contribution in [0.1, 0.15) is 41.9 Å². The molecule has 0 bridgehead atoms. The average molecular weight is 447 g/mol. The first-order chi connectivity index (χ1) is 14.5. The maximum absolute atomic E-state index is 12.5. The molecule has 0 radical (unpaired) electrons. The van der Waals surface area contributed by atoms with E-state index in [2.05, 4.69) is 16.9 Å². The van der Waals surface area contributed by atoms with Gasteiger partial charge in [-0.2, -0.15) is 13.2 Å². The molecule has 31 heavy (non-hydrogen) atoms. The standard InChI is InChI=1S/C18H27N3O3.C2HF3O2/c1-13-16(24-12-19-13)17(22)21-10-18(11-21)7-15(5-6-20(18)2)9-23-8-14-3-4-14;3-2(4,5)1(6)7/h12,14-15H,3-11H2,1-2H3;(H,6,7). The lowest BCUT2D eigenvalue weighted by Gasteiger charge is -2.58. The van der Waals surface area contributed by atoms with Gasteiger partial charge in [-0.3, -0.25) is 9.69 Å². The Balaban J connectivity index is 0.000000339. The molecule has 1 saturated carbocycles. The number of aryl methyl sites for hydroxylation is 1. The van der Waals surface area contributed by atoms with Crippen molar-refractivity contribution in [2.75, 3.05) is 39.9 Å². The van der Waals surface area contributed by atoms with Crippen LogP contribution in [0.5, 0.6) is 0 Å². The highest BCUT2D eigenvalue weighted by molar-refractivity contribution is 5.93. The van der Waals surface area contributed by atoms with Gasteiger partial charge >= 0.3 is 12.1 Å². The topological polar surface area (TPSA) is 96.1 Å². The number of nitrogens with zero attached hydrogens (tertiary/aromatic N) is 3. The highest BCUT2D eigenvalue weighted by atomic mass is 19.4. The molecule has 1 aromatic rings. The maximum Gasteiger partial charge on any atom is 0.490 e. The molecule has 1 amide bonds. The number of amides is 1. The van der Waals surface area contributed by atoms with Gasteiger partial charge in [0, 0.05) is 26.3 Å². The van der Waals surface area contributed by atoms with Crippen molar-refractivity contribution in [2.24, 2.45) is 11.8 Å². The third-order valence-corrected chi connectivity index (χ3v) is 6.20. The van der Waals surface area contributed by atoms with Crippen LogP contribution in [0.3, 0.4) is 0 Å². The fourth-order valence-electron chi connectivity index (χ4n) is 4.07. The number of oxazole rings is 1. The number of likely N-dealkylation sites (N-methyl/N-ethyl adjacent to an activating group) is 1. The first kappa shape index (κ1) is 23.5. The molecule has 1 unspecified atom stereocenters. The molecule has 1 atom stereocenters. The molecule has 1 aromatic heterocycles. The number of hydrogen-bond donors (Lipinski definition) is 1. The molecule has 3 heterocycles. The molecule has 2 saturated heterocycles. The van der Waals surface area contributed by atoms with Crippen molar-refractivity contribution in [1.29, 1.82) is 0 Å². The second kappa shape index (κ2) is 9.15. The lowest BCUT2D eigenvalue weighted by atomic mass is 9.75. The average Bonchev–Trinajstić information content (AvgIpc) is 3.39.